The van der Waals surface area contributed by atoms with E-state index in [0.29, 0.717) is 11.5 Å². The fourth-order valence-electron chi connectivity index (χ4n) is 2.26. The van der Waals surface area contributed by atoms with E-state index in [1.165, 1.54) is 18.7 Å². The third kappa shape index (κ3) is 1.12. The van der Waals surface area contributed by atoms with Gasteiger partial charge in [-0.1, -0.05) is 13.8 Å². The monoisotopic (exact) mass is 191 g/mol. The highest BCUT2D eigenvalue weighted by Gasteiger charge is 2.42. The van der Waals surface area contributed by atoms with Gasteiger partial charge in [0.25, 0.3) is 0 Å². The van der Waals surface area contributed by atoms with E-state index in [1.54, 1.807) is 0 Å². The van der Waals surface area contributed by atoms with E-state index in [4.69, 9.17) is 0 Å². The van der Waals surface area contributed by atoms with E-state index in [2.05, 4.69) is 34.9 Å². The maximum atomic E-state index is 4.50. The van der Waals surface area contributed by atoms with Crippen molar-refractivity contribution in [3.05, 3.63) is 18.2 Å². The quantitative estimate of drug-likeness (QED) is 0.773. The molecule has 1 saturated carbocycles. The molecule has 0 spiro atoms. The summed E-state index contributed by atoms with van der Waals surface area (Å²) in [5.74, 6) is 1.24. The molecule has 1 aromatic heterocycles. The lowest BCUT2D eigenvalue weighted by atomic mass is 9.77. The summed E-state index contributed by atoms with van der Waals surface area (Å²) in [6.07, 6.45) is 6.72. The maximum absolute atomic E-state index is 4.50. The van der Waals surface area contributed by atoms with Crippen LogP contribution in [-0.4, -0.2) is 16.1 Å². The lowest BCUT2D eigenvalue weighted by Gasteiger charge is -2.45. The van der Waals surface area contributed by atoms with Gasteiger partial charge in [0.15, 0.2) is 0 Å². The minimum Gasteiger partial charge on any atom is -0.331 e. The molecular formula is C11H17N3. The fourth-order valence-corrected chi connectivity index (χ4v) is 2.26. The molecule has 2 aliphatic rings. The Balaban J connectivity index is 1.92. The van der Waals surface area contributed by atoms with Crippen LogP contribution < -0.4 is 5.32 Å². The Kier molecular flexibility index (Phi) is 1.57. The predicted octanol–water partition coefficient (Wildman–Crippen LogP) is 1.89. The standard InChI is InChI=1S/C11H17N3/c1-11(2)7-13-9(11)10-12-5-6-14(10)8-3-4-8/h5-6,8-9,13H,3-4,7H2,1-2H3. The average Bonchev–Trinajstić information content (AvgIpc) is 2.87. The molecule has 1 saturated heterocycles. The smallest absolute Gasteiger partial charge is 0.126 e. The SMILES string of the molecule is CC1(C)CNC1c1nccn1C1CC1. The first-order valence-electron chi connectivity index (χ1n) is 5.44. The summed E-state index contributed by atoms with van der Waals surface area (Å²) in [6.45, 7) is 5.72. The molecule has 1 aliphatic heterocycles. The van der Waals surface area contributed by atoms with Crippen molar-refractivity contribution in [3.8, 4) is 0 Å². The van der Waals surface area contributed by atoms with E-state index < -0.39 is 0 Å². The Morgan fingerprint density at radius 1 is 1.50 bits per heavy atom. The number of nitrogens with zero attached hydrogens (tertiary/aromatic N) is 2. The predicted molar refractivity (Wildman–Crippen MR) is 55.0 cm³/mol. The average molecular weight is 191 g/mol. The molecule has 1 N–H and O–H groups in total. The number of hydrogen-bond donors (Lipinski definition) is 1. The molecule has 0 amide bonds. The van der Waals surface area contributed by atoms with Crippen molar-refractivity contribution >= 4 is 0 Å². The van der Waals surface area contributed by atoms with Crippen molar-refractivity contribution in [1.82, 2.24) is 14.9 Å². The fraction of sp³-hybridized carbons (Fsp3) is 0.727. The van der Waals surface area contributed by atoms with Crippen molar-refractivity contribution < 1.29 is 0 Å². The van der Waals surface area contributed by atoms with Crippen LogP contribution in [0.4, 0.5) is 0 Å². The van der Waals surface area contributed by atoms with Gasteiger partial charge in [0.05, 0.1) is 6.04 Å². The second-order valence-electron chi connectivity index (χ2n) is 5.23. The molecular weight excluding hydrogens is 174 g/mol. The summed E-state index contributed by atoms with van der Waals surface area (Å²) < 4.78 is 2.36. The summed E-state index contributed by atoms with van der Waals surface area (Å²) in [4.78, 5) is 4.50. The van der Waals surface area contributed by atoms with Crippen LogP contribution in [0.5, 0.6) is 0 Å². The van der Waals surface area contributed by atoms with Crippen LogP contribution in [0.25, 0.3) is 0 Å². The molecule has 1 unspecified atom stereocenters. The Bertz CT molecular complexity index is 349. The second-order valence-corrected chi connectivity index (χ2v) is 5.23. The van der Waals surface area contributed by atoms with Gasteiger partial charge in [-0.15, -0.1) is 0 Å². The van der Waals surface area contributed by atoms with Crippen molar-refractivity contribution in [2.45, 2.75) is 38.8 Å². The molecule has 1 atom stereocenters. The maximum Gasteiger partial charge on any atom is 0.126 e. The Hall–Kier alpha value is -0.830. The third-order valence-corrected chi connectivity index (χ3v) is 3.44. The summed E-state index contributed by atoms with van der Waals surface area (Å²) in [6, 6.07) is 1.20. The number of nitrogens with one attached hydrogen (secondary N) is 1. The van der Waals surface area contributed by atoms with Gasteiger partial charge in [-0.25, -0.2) is 4.98 Å². The lowest BCUT2D eigenvalue weighted by Crippen LogP contribution is -2.53. The van der Waals surface area contributed by atoms with Gasteiger partial charge < -0.3 is 9.88 Å². The number of imidazole rings is 1. The van der Waals surface area contributed by atoms with Crippen molar-refractivity contribution in [2.75, 3.05) is 6.54 Å². The molecule has 2 heterocycles. The van der Waals surface area contributed by atoms with Gasteiger partial charge in [0.2, 0.25) is 0 Å². The van der Waals surface area contributed by atoms with Crippen LogP contribution in [0, 0.1) is 5.41 Å². The zero-order valence-electron chi connectivity index (χ0n) is 8.83. The first-order chi connectivity index (χ1) is 6.68. The summed E-state index contributed by atoms with van der Waals surface area (Å²) >= 11 is 0. The van der Waals surface area contributed by atoms with Gasteiger partial charge in [-0.05, 0) is 18.3 Å². The van der Waals surface area contributed by atoms with Gasteiger partial charge in [-0.3, -0.25) is 0 Å². The molecule has 0 bridgehead atoms. The number of rotatable bonds is 2. The van der Waals surface area contributed by atoms with E-state index in [-0.39, 0.29) is 0 Å². The molecule has 14 heavy (non-hydrogen) atoms. The van der Waals surface area contributed by atoms with Crippen LogP contribution in [0.15, 0.2) is 12.4 Å². The Morgan fingerprint density at radius 2 is 2.29 bits per heavy atom. The molecule has 1 aromatic rings. The minimum atomic E-state index is 0.373. The first kappa shape index (κ1) is 8.48. The zero-order chi connectivity index (χ0) is 9.76. The van der Waals surface area contributed by atoms with E-state index in [9.17, 15) is 0 Å². The highest BCUT2D eigenvalue weighted by Crippen LogP contribution is 2.43. The van der Waals surface area contributed by atoms with Crippen LogP contribution in [0.2, 0.25) is 0 Å². The number of aromatic nitrogens is 2. The Morgan fingerprint density at radius 3 is 2.79 bits per heavy atom. The van der Waals surface area contributed by atoms with E-state index >= 15 is 0 Å². The van der Waals surface area contributed by atoms with Gasteiger partial charge in [-0.2, -0.15) is 0 Å². The molecule has 76 valence electrons. The van der Waals surface area contributed by atoms with Gasteiger partial charge >= 0.3 is 0 Å². The molecule has 3 heteroatoms. The van der Waals surface area contributed by atoms with Crippen LogP contribution in [0.3, 0.4) is 0 Å². The molecule has 2 fully saturated rings. The first-order valence-corrected chi connectivity index (χ1v) is 5.44. The molecule has 3 rings (SSSR count). The second kappa shape index (κ2) is 2.60. The third-order valence-electron chi connectivity index (χ3n) is 3.44. The minimum absolute atomic E-state index is 0.373. The molecule has 0 radical (unpaired) electrons. The van der Waals surface area contributed by atoms with Crippen molar-refractivity contribution in [2.24, 2.45) is 5.41 Å². The Labute approximate surface area is 84.5 Å². The van der Waals surface area contributed by atoms with Crippen molar-refractivity contribution in [3.63, 3.8) is 0 Å². The molecule has 0 aromatic carbocycles. The van der Waals surface area contributed by atoms with Crippen molar-refractivity contribution in [1.29, 1.82) is 0 Å². The van der Waals surface area contributed by atoms with E-state index in [1.807, 2.05) is 6.20 Å². The molecule has 1 aliphatic carbocycles. The van der Waals surface area contributed by atoms with Crippen LogP contribution in [0.1, 0.15) is 44.6 Å². The van der Waals surface area contributed by atoms with Gasteiger partial charge in [0.1, 0.15) is 5.82 Å². The number of hydrogen-bond acceptors (Lipinski definition) is 2. The van der Waals surface area contributed by atoms with Crippen LogP contribution >= 0.6 is 0 Å². The largest absolute Gasteiger partial charge is 0.331 e. The lowest BCUT2D eigenvalue weighted by molar-refractivity contribution is 0.117. The summed E-state index contributed by atoms with van der Waals surface area (Å²) in [5, 5.41) is 3.48. The summed E-state index contributed by atoms with van der Waals surface area (Å²) in [5.41, 5.74) is 0.373. The topological polar surface area (TPSA) is 29.9 Å². The van der Waals surface area contributed by atoms with E-state index in [0.717, 1.165) is 12.6 Å². The molecule has 3 nitrogen and oxygen atoms in total. The van der Waals surface area contributed by atoms with Gasteiger partial charge in [0, 0.05) is 25.0 Å². The summed E-state index contributed by atoms with van der Waals surface area (Å²) in [7, 11) is 0. The van der Waals surface area contributed by atoms with Crippen LogP contribution in [-0.2, 0) is 0 Å². The highest BCUT2D eigenvalue weighted by atomic mass is 15.2. The highest BCUT2D eigenvalue weighted by molar-refractivity contribution is 5.12. The zero-order valence-corrected chi connectivity index (χ0v) is 8.83. The normalized spacial score (nSPS) is 30.0.